The van der Waals surface area contributed by atoms with E-state index in [0.29, 0.717) is 6.54 Å². The van der Waals surface area contributed by atoms with Crippen molar-refractivity contribution in [2.24, 2.45) is 0 Å². The number of rotatable bonds is 6. The van der Waals surface area contributed by atoms with E-state index in [9.17, 15) is 9.18 Å². The fourth-order valence-corrected chi connectivity index (χ4v) is 3.64. The molecule has 0 aliphatic heterocycles. The van der Waals surface area contributed by atoms with E-state index in [1.807, 2.05) is 12.1 Å². The smallest absolute Gasteiger partial charge is 0.224 e. The van der Waals surface area contributed by atoms with Crippen LogP contribution in [0.5, 0.6) is 0 Å². The molecule has 24 heavy (non-hydrogen) atoms. The Kier molecular flexibility index (Phi) is 5.20. The first kappa shape index (κ1) is 16.6. The molecule has 0 bridgehead atoms. The van der Waals surface area contributed by atoms with Crippen molar-refractivity contribution >= 4 is 28.6 Å². The molecule has 5 heteroatoms. The molecule has 0 saturated carbocycles. The molecule has 2 aromatic carbocycles. The first-order valence-electron chi connectivity index (χ1n) is 7.85. The number of aromatic nitrogens is 1. The average Bonchev–Trinajstić information content (AvgIpc) is 2.89. The number of para-hydroxylation sites is 1. The summed E-state index contributed by atoms with van der Waals surface area (Å²) in [6.45, 7) is 2.67. The standard InChI is InChI=1S/C19H19FN2OS/c1-13-19(16-4-2-3-5-17(16)22-13)24-11-10-21-18(23)12-14-6-8-15(20)9-7-14/h2-9,22H,10-12H2,1H3,(H,21,23). The summed E-state index contributed by atoms with van der Waals surface area (Å²) >= 11 is 1.74. The number of aromatic amines is 1. The molecule has 3 rings (SSSR count). The van der Waals surface area contributed by atoms with Crippen LogP contribution in [0.3, 0.4) is 0 Å². The molecule has 0 fully saturated rings. The van der Waals surface area contributed by atoms with E-state index in [4.69, 9.17) is 0 Å². The number of halogens is 1. The van der Waals surface area contributed by atoms with Gasteiger partial charge in [0.25, 0.3) is 0 Å². The normalized spacial score (nSPS) is 10.9. The minimum Gasteiger partial charge on any atom is -0.358 e. The van der Waals surface area contributed by atoms with Crippen LogP contribution in [0.1, 0.15) is 11.3 Å². The largest absolute Gasteiger partial charge is 0.358 e. The predicted octanol–water partition coefficient (Wildman–Crippen LogP) is 4.07. The van der Waals surface area contributed by atoms with E-state index in [0.717, 1.165) is 22.5 Å². The molecule has 0 radical (unpaired) electrons. The second kappa shape index (κ2) is 7.53. The van der Waals surface area contributed by atoms with Gasteiger partial charge >= 0.3 is 0 Å². The molecule has 0 spiro atoms. The van der Waals surface area contributed by atoms with Crippen LogP contribution in [0.4, 0.5) is 4.39 Å². The van der Waals surface area contributed by atoms with Gasteiger partial charge in [0.2, 0.25) is 5.91 Å². The lowest BCUT2D eigenvalue weighted by Gasteiger charge is -2.06. The van der Waals surface area contributed by atoms with Crippen LogP contribution in [-0.2, 0) is 11.2 Å². The van der Waals surface area contributed by atoms with Gasteiger partial charge in [-0.05, 0) is 30.7 Å². The monoisotopic (exact) mass is 342 g/mol. The highest BCUT2D eigenvalue weighted by Gasteiger charge is 2.08. The number of nitrogens with one attached hydrogen (secondary N) is 2. The van der Waals surface area contributed by atoms with Gasteiger partial charge in [-0.25, -0.2) is 4.39 Å². The first-order valence-corrected chi connectivity index (χ1v) is 8.83. The Balaban J connectivity index is 1.48. The Morgan fingerprint density at radius 3 is 2.71 bits per heavy atom. The van der Waals surface area contributed by atoms with Gasteiger partial charge in [0.1, 0.15) is 5.82 Å². The van der Waals surface area contributed by atoms with Crippen LogP contribution in [0, 0.1) is 12.7 Å². The lowest BCUT2D eigenvalue weighted by atomic mass is 10.1. The Hall–Kier alpha value is -2.27. The topological polar surface area (TPSA) is 44.9 Å². The summed E-state index contributed by atoms with van der Waals surface area (Å²) in [4.78, 5) is 16.5. The van der Waals surface area contributed by atoms with E-state index in [2.05, 4.69) is 29.4 Å². The fraction of sp³-hybridized carbons (Fsp3) is 0.211. The second-order valence-electron chi connectivity index (χ2n) is 5.63. The van der Waals surface area contributed by atoms with Gasteiger partial charge in [0.15, 0.2) is 0 Å². The van der Waals surface area contributed by atoms with Crippen molar-refractivity contribution < 1.29 is 9.18 Å². The lowest BCUT2D eigenvalue weighted by molar-refractivity contribution is -0.120. The van der Waals surface area contributed by atoms with Gasteiger partial charge in [-0.1, -0.05) is 30.3 Å². The lowest BCUT2D eigenvalue weighted by Crippen LogP contribution is -2.27. The Bertz CT molecular complexity index is 842. The van der Waals surface area contributed by atoms with E-state index < -0.39 is 0 Å². The zero-order valence-electron chi connectivity index (χ0n) is 13.4. The van der Waals surface area contributed by atoms with Crippen molar-refractivity contribution in [3.05, 3.63) is 65.6 Å². The zero-order chi connectivity index (χ0) is 16.9. The summed E-state index contributed by atoms with van der Waals surface area (Å²) in [6.07, 6.45) is 0.275. The van der Waals surface area contributed by atoms with E-state index >= 15 is 0 Å². The van der Waals surface area contributed by atoms with Crippen molar-refractivity contribution in [2.45, 2.75) is 18.2 Å². The summed E-state index contributed by atoms with van der Waals surface area (Å²) in [5.41, 5.74) is 3.10. The van der Waals surface area contributed by atoms with Crippen molar-refractivity contribution in [3.8, 4) is 0 Å². The highest BCUT2D eigenvalue weighted by molar-refractivity contribution is 7.99. The summed E-state index contributed by atoms with van der Waals surface area (Å²) in [5.74, 6) is 0.472. The number of H-pyrrole nitrogens is 1. The number of carbonyl (C=O) groups excluding carboxylic acids is 1. The number of fused-ring (bicyclic) bond motifs is 1. The van der Waals surface area contributed by atoms with Gasteiger partial charge in [0.05, 0.1) is 6.42 Å². The summed E-state index contributed by atoms with van der Waals surface area (Å²) in [5, 5.41) is 4.13. The molecule has 0 aliphatic carbocycles. The molecule has 0 unspecified atom stereocenters. The molecule has 124 valence electrons. The minimum atomic E-state index is -0.287. The maximum atomic E-state index is 12.8. The number of thioether (sulfide) groups is 1. The molecular formula is C19H19FN2OS. The van der Waals surface area contributed by atoms with Gasteiger partial charge in [-0.2, -0.15) is 0 Å². The van der Waals surface area contributed by atoms with Crippen LogP contribution >= 0.6 is 11.8 Å². The number of hydrogen-bond acceptors (Lipinski definition) is 2. The van der Waals surface area contributed by atoms with Crippen molar-refractivity contribution in [1.29, 1.82) is 0 Å². The number of aryl methyl sites for hydroxylation is 1. The molecule has 2 N–H and O–H groups in total. The van der Waals surface area contributed by atoms with Gasteiger partial charge in [-0.15, -0.1) is 11.8 Å². The maximum absolute atomic E-state index is 12.8. The quantitative estimate of drug-likeness (QED) is 0.524. The molecule has 1 amide bonds. The first-order chi connectivity index (χ1) is 11.6. The van der Waals surface area contributed by atoms with Crippen LogP contribution in [0.2, 0.25) is 0 Å². The fourth-order valence-electron chi connectivity index (χ4n) is 2.63. The molecule has 1 aromatic heterocycles. The molecule has 0 saturated heterocycles. The molecular weight excluding hydrogens is 323 g/mol. The second-order valence-corrected chi connectivity index (χ2v) is 6.73. The third-order valence-corrected chi connectivity index (χ3v) is 5.01. The van der Waals surface area contributed by atoms with Crippen LogP contribution in [0.15, 0.2) is 53.4 Å². The highest BCUT2D eigenvalue weighted by Crippen LogP contribution is 2.30. The Labute approximate surface area is 144 Å². The van der Waals surface area contributed by atoms with Crippen LogP contribution in [0.25, 0.3) is 10.9 Å². The summed E-state index contributed by atoms with van der Waals surface area (Å²) in [7, 11) is 0. The maximum Gasteiger partial charge on any atom is 0.224 e. The SMILES string of the molecule is Cc1[nH]c2ccccc2c1SCCNC(=O)Cc1ccc(F)cc1. The number of hydrogen-bond donors (Lipinski definition) is 2. The van der Waals surface area contributed by atoms with E-state index in [-0.39, 0.29) is 18.1 Å². The predicted molar refractivity (Wildman–Crippen MR) is 96.9 cm³/mol. The van der Waals surface area contributed by atoms with E-state index in [1.165, 1.54) is 22.4 Å². The van der Waals surface area contributed by atoms with Crippen molar-refractivity contribution in [1.82, 2.24) is 10.3 Å². The van der Waals surface area contributed by atoms with Crippen LogP contribution in [-0.4, -0.2) is 23.2 Å². The molecule has 3 nitrogen and oxygen atoms in total. The average molecular weight is 342 g/mol. The molecule has 1 heterocycles. The Morgan fingerprint density at radius 2 is 1.92 bits per heavy atom. The number of amides is 1. The van der Waals surface area contributed by atoms with Gasteiger partial charge < -0.3 is 10.3 Å². The van der Waals surface area contributed by atoms with Crippen LogP contribution < -0.4 is 5.32 Å². The highest BCUT2D eigenvalue weighted by atomic mass is 32.2. The summed E-state index contributed by atoms with van der Waals surface area (Å²) < 4.78 is 12.8. The molecule has 0 aliphatic rings. The van der Waals surface area contributed by atoms with Gasteiger partial charge in [-0.3, -0.25) is 4.79 Å². The molecule has 3 aromatic rings. The Morgan fingerprint density at radius 1 is 1.17 bits per heavy atom. The van der Waals surface area contributed by atoms with E-state index in [1.54, 1.807) is 23.9 Å². The van der Waals surface area contributed by atoms with Crippen molar-refractivity contribution in [3.63, 3.8) is 0 Å². The number of carbonyl (C=O) groups is 1. The van der Waals surface area contributed by atoms with Crippen molar-refractivity contribution in [2.75, 3.05) is 12.3 Å². The van der Waals surface area contributed by atoms with Gasteiger partial charge in [0, 0.05) is 33.8 Å². The molecule has 0 atom stereocenters. The summed E-state index contributed by atoms with van der Waals surface area (Å²) in [6, 6.07) is 14.2. The third kappa shape index (κ3) is 3.97. The minimum absolute atomic E-state index is 0.0437. The number of benzene rings is 2. The zero-order valence-corrected chi connectivity index (χ0v) is 14.3. The third-order valence-electron chi connectivity index (χ3n) is 3.78.